The van der Waals surface area contributed by atoms with Gasteiger partial charge in [0.25, 0.3) is 5.69 Å². The minimum absolute atomic E-state index is 0.0405. The van der Waals surface area contributed by atoms with Crippen LogP contribution in [0.1, 0.15) is 5.56 Å². The highest BCUT2D eigenvalue weighted by Gasteiger charge is 2.21. The lowest BCUT2D eigenvalue weighted by atomic mass is 10.2. The predicted molar refractivity (Wildman–Crippen MR) is 120 cm³/mol. The maximum atomic E-state index is 10.9. The molecule has 0 aliphatic rings. The van der Waals surface area contributed by atoms with Gasteiger partial charge in [0.2, 0.25) is 0 Å². The molecule has 0 N–H and O–H groups in total. The molecule has 0 bridgehead atoms. The number of aromatic nitrogens is 1. The fourth-order valence-electron chi connectivity index (χ4n) is 2.79. The van der Waals surface area contributed by atoms with E-state index >= 15 is 0 Å². The van der Waals surface area contributed by atoms with Gasteiger partial charge in [-0.25, -0.2) is 4.98 Å². The number of hydrogen-bond acceptors (Lipinski definition) is 5. The second-order valence-electron chi connectivity index (χ2n) is 6.18. The van der Waals surface area contributed by atoms with Crippen molar-refractivity contribution in [3.8, 4) is 5.75 Å². The van der Waals surface area contributed by atoms with Crippen LogP contribution in [0.4, 0.5) is 11.4 Å². The molecule has 10 heteroatoms. The molecule has 0 spiro atoms. The standard InChI is InChI=1S/C20H15Cl4N3O3/c21-16-18(17(22)20(24)25-19(16)23)26(12-13-5-2-1-3-6-13)9-10-30-15-8-4-7-14(11-15)27(28)29/h1-8,11H,9-10,12H2. The Kier molecular flexibility index (Phi) is 7.61. The van der Waals surface area contributed by atoms with E-state index in [0.29, 0.717) is 24.5 Å². The first-order valence-corrected chi connectivity index (χ1v) is 10.2. The van der Waals surface area contributed by atoms with Crippen LogP contribution in [0.3, 0.4) is 0 Å². The summed E-state index contributed by atoms with van der Waals surface area (Å²) in [5.74, 6) is 0.381. The first kappa shape index (κ1) is 22.4. The first-order chi connectivity index (χ1) is 14.4. The molecule has 0 unspecified atom stereocenters. The Morgan fingerprint density at radius 1 is 0.967 bits per heavy atom. The third kappa shape index (κ3) is 5.46. The van der Waals surface area contributed by atoms with Gasteiger partial charge in [-0.05, 0) is 11.6 Å². The lowest BCUT2D eigenvalue weighted by molar-refractivity contribution is -0.384. The molecule has 156 valence electrons. The number of benzene rings is 2. The van der Waals surface area contributed by atoms with Crippen LogP contribution in [-0.2, 0) is 6.54 Å². The minimum Gasteiger partial charge on any atom is -0.491 e. The molecule has 0 aliphatic carbocycles. The summed E-state index contributed by atoms with van der Waals surface area (Å²) in [4.78, 5) is 16.3. The van der Waals surface area contributed by atoms with E-state index in [4.69, 9.17) is 51.1 Å². The van der Waals surface area contributed by atoms with Crippen LogP contribution >= 0.6 is 46.4 Å². The quantitative estimate of drug-likeness (QED) is 0.201. The molecule has 0 saturated heterocycles. The molecule has 2 aromatic carbocycles. The minimum atomic E-state index is -0.477. The van der Waals surface area contributed by atoms with E-state index < -0.39 is 4.92 Å². The van der Waals surface area contributed by atoms with Gasteiger partial charge >= 0.3 is 0 Å². The molecule has 6 nitrogen and oxygen atoms in total. The van der Waals surface area contributed by atoms with E-state index in [1.54, 1.807) is 12.1 Å². The largest absolute Gasteiger partial charge is 0.491 e. The van der Waals surface area contributed by atoms with E-state index in [2.05, 4.69) is 4.98 Å². The molecule has 0 fully saturated rings. The van der Waals surface area contributed by atoms with Crippen molar-refractivity contribution in [1.82, 2.24) is 4.98 Å². The SMILES string of the molecule is O=[N+]([O-])c1cccc(OCCN(Cc2ccccc2)c2c(Cl)c(Cl)nc(Cl)c2Cl)c1. The maximum absolute atomic E-state index is 10.9. The molecule has 3 aromatic rings. The lowest BCUT2D eigenvalue weighted by Crippen LogP contribution is -2.28. The molecular weight excluding hydrogens is 472 g/mol. The van der Waals surface area contributed by atoms with Crippen LogP contribution in [-0.4, -0.2) is 23.1 Å². The number of pyridine rings is 1. The van der Waals surface area contributed by atoms with E-state index in [1.165, 1.54) is 12.1 Å². The van der Waals surface area contributed by atoms with Crippen LogP contribution in [0, 0.1) is 10.1 Å². The smallest absolute Gasteiger partial charge is 0.273 e. The summed E-state index contributed by atoms with van der Waals surface area (Å²) in [5.41, 5.74) is 1.39. The predicted octanol–water partition coefficient (Wildman–Crippen LogP) is 6.69. The van der Waals surface area contributed by atoms with E-state index in [-0.39, 0.29) is 32.6 Å². The van der Waals surface area contributed by atoms with Crippen molar-refractivity contribution < 1.29 is 9.66 Å². The molecule has 30 heavy (non-hydrogen) atoms. The van der Waals surface area contributed by atoms with Crippen molar-refractivity contribution in [2.45, 2.75) is 6.54 Å². The molecule has 0 radical (unpaired) electrons. The maximum Gasteiger partial charge on any atom is 0.273 e. The summed E-state index contributed by atoms with van der Waals surface area (Å²) >= 11 is 25.0. The topological polar surface area (TPSA) is 68.5 Å². The van der Waals surface area contributed by atoms with Gasteiger partial charge in [-0.15, -0.1) is 0 Å². The number of anilines is 1. The Bertz CT molecular complexity index is 1020. The molecule has 0 aliphatic heterocycles. The fraction of sp³-hybridized carbons (Fsp3) is 0.150. The Morgan fingerprint density at radius 3 is 2.27 bits per heavy atom. The second-order valence-corrected chi connectivity index (χ2v) is 7.65. The number of non-ortho nitro benzene ring substituents is 1. The molecule has 1 aromatic heterocycles. The Balaban J connectivity index is 1.84. The average molecular weight is 487 g/mol. The number of halogens is 4. The van der Waals surface area contributed by atoms with Gasteiger partial charge in [-0.2, -0.15) is 0 Å². The van der Waals surface area contributed by atoms with E-state index in [0.717, 1.165) is 5.56 Å². The lowest BCUT2D eigenvalue weighted by Gasteiger charge is -2.27. The van der Waals surface area contributed by atoms with Crippen molar-refractivity contribution in [2.24, 2.45) is 0 Å². The summed E-state index contributed by atoms with van der Waals surface area (Å²) in [6.07, 6.45) is 0. The number of hydrogen-bond donors (Lipinski definition) is 0. The highest BCUT2D eigenvalue weighted by Crippen LogP contribution is 2.41. The first-order valence-electron chi connectivity index (χ1n) is 8.73. The highest BCUT2D eigenvalue weighted by atomic mass is 35.5. The second kappa shape index (κ2) is 10.2. The third-order valence-electron chi connectivity index (χ3n) is 4.17. The van der Waals surface area contributed by atoms with Crippen LogP contribution < -0.4 is 9.64 Å². The van der Waals surface area contributed by atoms with Crippen molar-refractivity contribution in [2.75, 3.05) is 18.1 Å². The van der Waals surface area contributed by atoms with Gasteiger partial charge in [0, 0.05) is 12.6 Å². The van der Waals surface area contributed by atoms with E-state index in [1.807, 2.05) is 35.2 Å². The van der Waals surface area contributed by atoms with Gasteiger partial charge in [-0.3, -0.25) is 10.1 Å². The number of ether oxygens (including phenoxy) is 1. The summed E-state index contributed by atoms with van der Waals surface area (Å²) in [5, 5.41) is 11.4. The fourth-order valence-corrected chi connectivity index (χ4v) is 3.74. The molecule has 3 rings (SSSR count). The third-order valence-corrected chi connectivity index (χ3v) is 5.62. The van der Waals surface area contributed by atoms with Gasteiger partial charge in [0.05, 0.1) is 23.2 Å². The summed E-state index contributed by atoms with van der Waals surface area (Å²) in [6.45, 7) is 1.02. The zero-order valence-corrected chi connectivity index (χ0v) is 18.4. The summed E-state index contributed by atoms with van der Waals surface area (Å²) in [6, 6.07) is 15.6. The average Bonchev–Trinajstić information content (AvgIpc) is 2.73. The molecule has 0 atom stereocenters. The van der Waals surface area contributed by atoms with Gasteiger partial charge < -0.3 is 9.64 Å². The molecule has 0 amide bonds. The number of nitro benzene ring substituents is 1. The normalized spacial score (nSPS) is 10.7. The van der Waals surface area contributed by atoms with Crippen LogP contribution in [0.2, 0.25) is 20.4 Å². The van der Waals surface area contributed by atoms with Gasteiger partial charge in [0.1, 0.15) is 22.4 Å². The zero-order chi connectivity index (χ0) is 21.7. The van der Waals surface area contributed by atoms with Crippen LogP contribution in [0.25, 0.3) is 0 Å². The monoisotopic (exact) mass is 485 g/mol. The summed E-state index contributed by atoms with van der Waals surface area (Å²) in [7, 11) is 0. The molecule has 1 heterocycles. The highest BCUT2D eigenvalue weighted by molar-refractivity contribution is 6.48. The number of nitrogens with zero attached hydrogens (tertiary/aromatic N) is 3. The van der Waals surface area contributed by atoms with Gasteiger partial charge in [0.15, 0.2) is 10.3 Å². The van der Waals surface area contributed by atoms with Gasteiger partial charge in [-0.1, -0.05) is 82.8 Å². The molecule has 0 saturated carbocycles. The van der Waals surface area contributed by atoms with Crippen molar-refractivity contribution in [3.63, 3.8) is 0 Å². The van der Waals surface area contributed by atoms with Crippen molar-refractivity contribution >= 4 is 57.8 Å². The van der Waals surface area contributed by atoms with Crippen LogP contribution in [0.5, 0.6) is 5.75 Å². The zero-order valence-electron chi connectivity index (χ0n) is 15.4. The number of nitro groups is 1. The number of rotatable bonds is 8. The Labute approximate surface area is 193 Å². The Morgan fingerprint density at radius 2 is 1.63 bits per heavy atom. The molecular formula is C20H15Cl4N3O3. The van der Waals surface area contributed by atoms with Crippen LogP contribution in [0.15, 0.2) is 54.6 Å². The Hall–Kier alpha value is -2.25. The van der Waals surface area contributed by atoms with Crippen molar-refractivity contribution in [3.05, 3.63) is 90.6 Å². The summed E-state index contributed by atoms with van der Waals surface area (Å²) < 4.78 is 5.71. The van der Waals surface area contributed by atoms with Crippen molar-refractivity contribution in [1.29, 1.82) is 0 Å². The van der Waals surface area contributed by atoms with E-state index in [9.17, 15) is 10.1 Å².